The lowest BCUT2D eigenvalue weighted by Crippen LogP contribution is -2.50. The summed E-state index contributed by atoms with van der Waals surface area (Å²) in [5, 5.41) is 27.3. The van der Waals surface area contributed by atoms with Gasteiger partial charge in [0, 0.05) is 25.2 Å². The Kier molecular flexibility index (Phi) is 4.67. The molecule has 0 spiro atoms. The van der Waals surface area contributed by atoms with Crippen molar-refractivity contribution >= 4 is 12.0 Å². The number of aromatic nitrogens is 3. The maximum absolute atomic E-state index is 12.7. The van der Waals surface area contributed by atoms with E-state index in [9.17, 15) is 28.2 Å². The molecule has 3 heterocycles. The summed E-state index contributed by atoms with van der Waals surface area (Å²) in [7, 11) is 0. The number of hydrogen-bond donors (Lipinski definition) is 2. The van der Waals surface area contributed by atoms with Gasteiger partial charge in [0.15, 0.2) is 0 Å². The fourth-order valence-corrected chi connectivity index (χ4v) is 4.01. The van der Waals surface area contributed by atoms with Crippen molar-refractivity contribution in [2.75, 3.05) is 24.5 Å². The first-order chi connectivity index (χ1) is 13.7. The van der Waals surface area contributed by atoms with Crippen molar-refractivity contribution in [3.05, 3.63) is 30.0 Å². The highest BCUT2D eigenvalue weighted by Crippen LogP contribution is 2.36. The minimum atomic E-state index is -4.56. The highest BCUT2D eigenvalue weighted by atomic mass is 19.4. The number of alkyl halides is 3. The van der Waals surface area contributed by atoms with E-state index in [1.807, 2.05) is 4.90 Å². The second-order valence-corrected chi connectivity index (χ2v) is 7.20. The molecule has 2 saturated heterocycles. The van der Waals surface area contributed by atoms with Gasteiger partial charge in [0.25, 0.3) is 0 Å². The smallest absolute Gasteiger partial charge is 0.416 e. The van der Waals surface area contributed by atoms with E-state index < -0.39 is 23.6 Å². The molecule has 2 aliphatic heterocycles. The number of phenols is 1. The van der Waals surface area contributed by atoms with Crippen LogP contribution in [0.1, 0.15) is 18.4 Å². The van der Waals surface area contributed by atoms with E-state index in [0.717, 1.165) is 25.0 Å². The van der Waals surface area contributed by atoms with Crippen molar-refractivity contribution in [1.29, 1.82) is 0 Å². The van der Waals surface area contributed by atoms with Crippen molar-refractivity contribution in [3.63, 3.8) is 0 Å². The van der Waals surface area contributed by atoms with Crippen molar-refractivity contribution in [2.24, 2.45) is 5.92 Å². The number of likely N-dealkylation sites (tertiary alicyclic amines) is 1. The van der Waals surface area contributed by atoms with Crippen molar-refractivity contribution in [2.45, 2.75) is 25.1 Å². The Balaban J connectivity index is 1.55. The van der Waals surface area contributed by atoms with Crippen LogP contribution in [-0.4, -0.2) is 62.1 Å². The van der Waals surface area contributed by atoms with Crippen LogP contribution in [0.5, 0.6) is 5.75 Å². The fraction of sp³-hybridized carbons (Fsp3) is 0.444. The van der Waals surface area contributed by atoms with E-state index in [-0.39, 0.29) is 17.3 Å². The average Bonchev–Trinajstić information content (AvgIpc) is 3.10. The number of piperidine rings is 1. The second-order valence-electron chi connectivity index (χ2n) is 7.20. The normalized spacial score (nSPS) is 21.9. The highest BCUT2D eigenvalue weighted by molar-refractivity contribution is 5.67. The second kappa shape index (κ2) is 7.05. The zero-order valence-corrected chi connectivity index (χ0v) is 15.2. The molecule has 0 saturated carbocycles. The summed E-state index contributed by atoms with van der Waals surface area (Å²) in [6, 6.07) is 2.59. The number of phenolic OH excluding ortho intramolecular Hbond substituents is 1. The first-order valence-corrected chi connectivity index (χ1v) is 9.09. The predicted molar refractivity (Wildman–Crippen MR) is 95.4 cm³/mol. The van der Waals surface area contributed by atoms with E-state index in [1.165, 1.54) is 11.1 Å². The number of hydrogen-bond acceptors (Lipinski definition) is 6. The Morgan fingerprint density at radius 3 is 2.55 bits per heavy atom. The lowest BCUT2D eigenvalue weighted by molar-refractivity contribution is -0.137. The topological polar surface area (TPSA) is 103 Å². The van der Waals surface area contributed by atoms with Crippen LogP contribution in [0.4, 0.5) is 23.9 Å². The Morgan fingerprint density at radius 1 is 1.17 bits per heavy atom. The van der Waals surface area contributed by atoms with E-state index in [0.29, 0.717) is 37.6 Å². The molecule has 29 heavy (non-hydrogen) atoms. The fourth-order valence-electron chi connectivity index (χ4n) is 4.01. The quantitative estimate of drug-likeness (QED) is 0.786. The third-order valence-corrected chi connectivity index (χ3v) is 5.54. The third-order valence-electron chi connectivity index (χ3n) is 5.54. The van der Waals surface area contributed by atoms with E-state index in [1.54, 1.807) is 0 Å². The molecule has 0 aliphatic carbocycles. The number of carboxylic acid groups (broad SMARTS) is 1. The van der Waals surface area contributed by atoms with Crippen LogP contribution in [0.3, 0.4) is 0 Å². The number of nitrogens with zero attached hydrogens (tertiary/aromatic N) is 5. The molecule has 4 rings (SSSR count). The zero-order chi connectivity index (χ0) is 20.8. The van der Waals surface area contributed by atoms with Crippen molar-refractivity contribution in [3.8, 4) is 17.0 Å². The van der Waals surface area contributed by atoms with Gasteiger partial charge in [-0.1, -0.05) is 0 Å². The van der Waals surface area contributed by atoms with Gasteiger partial charge < -0.3 is 20.0 Å². The van der Waals surface area contributed by atoms with Gasteiger partial charge in [0.1, 0.15) is 11.4 Å². The molecule has 1 aromatic carbocycles. The standard InChI is InChI=1S/C18H18F3N5O3/c19-18(20,21)11-1-2-12(15(27)7-11)13-8-22-16(24-23-13)26-6-4-10-3-5-25(17(28)29)9-14(10)26/h1-2,7-8,10,14,27H,3-6,9H2,(H,28,29). The number of anilines is 1. The average molecular weight is 409 g/mol. The van der Waals surface area contributed by atoms with Crippen LogP contribution in [0, 0.1) is 5.92 Å². The molecule has 2 unspecified atom stereocenters. The van der Waals surface area contributed by atoms with Gasteiger partial charge in [-0.2, -0.15) is 13.2 Å². The Labute approximate surface area is 163 Å². The van der Waals surface area contributed by atoms with Gasteiger partial charge in [-0.3, -0.25) is 0 Å². The van der Waals surface area contributed by atoms with Crippen LogP contribution in [0.15, 0.2) is 24.4 Å². The number of carbonyl (C=O) groups is 1. The molecule has 1 aromatic heterocycles. The molecular weight excluding hydrogens is 391 g/mol. The van der Waals surface area contributed by atoms with Crippen molar-refractivity contribution in [1.82, 2.24) is 20.1 Å². The summed E-state index contributed by atoms with van der Waals surface area (Å²) in [6.07, 6.45) is -2.49. The van der Waals surface area contributed by atoms with Crippen LogP contribution in [0.25, 0.3) is 11.3 Å². The monoisotopic (exact) mass is 409 g/mol. The minimum absolute atomic E-state index is 0.0352. The lowest BCUT2D eigenvalue weighted by atomic mass is 9.92. The number of fused-ring (bicyclic) bond motifs is 1. The molecule has 11 heteroatoms. The molecule has 2 aliphatic rings. The maximum atomic E-state index is 12.7. The summed E-state index contributed by atoms with van der Waals surface area (Å²) in [4.78, 5) is 18.8. The molecule has 1 amide bonds. The van der Waals surface area contributed by atoms with E-state index in [4.69, 9.17) is 0 Å². The van der Waals surface area contributed by atoms with Crippen LogP contribution in [-0.2, 0) is 6.18 Å². The summed E-state index contributed by atoms with van der Waals surface area (Å²) in [5.74, 6) is 0.127. The maximum Gasteiger partial charge on any atom is 0.416 e. The van der Waals surface area contributed by atoms with Crippen LogP contribution >= 0.6 is 0 Å². The number of benzene rings is 1. The van der Waals surface area contributed by atoms with Crippen LogP contribution < -0.4 is 4.90 Å². The molecule has 0 bridgehead atoms. The summed E-state index contributed by atoms with van der Waals surface area (Å²) >= 11 is 0. The van der Waals surface area contributed by atoms with Gasteiger partial charge in [-0.15, -0.1) is 10.2 Å². The Bertz CT molecular complexity index is 922. The number of rotatable bonds is 2. The van der Waals surface area contributed by atoms with E-state index in [2.05, 4.69) is 15.2 Å². The van der Waals surface area contributed by atoms with E-state index >= 15 is 0 Å². The number of amides is 1. The zero-order valence-electron chi connectivity index (χ0n) is 15.2. The molecule has 2 fully saturated rings. The Morgan fingerprint density at radius 2 is 1.93 bits per heavy atom. The Hall–Kier alpha value is -3.11. The lowest BCUT2D eigenvalue weighted by Gasteiger charge is -2.36. The molecule has 2 aromatic rings. The minimum Gasteiger partial charge on any atom is -0.507 e. The predicted octanol–water partition coefficient (Wildman–Crippen LogP) is 2.84. The van der Waals surface area contributed by atoms with Gasteiger partial charge in [-0.25, -0.2) is 9.78 Å². The molecule has 2 N–H and O–H groups in total. The number of halogens is 3. The third kappa shape index (κ3) is 3.64. The first kappa shape index (κ1) is 19.2. The summed E-state index contributed by atoms with van der Waals surface area (Å²) in [6.45, 7) is 1.55. The molecule has 0 radical (unpaired) electrons. The highest BCUT2D eigenvalue weighted by Gasteiger charge is 2.41. The first-order valence-electron chi connectivity index (χ1n) is 9.09. The SMILES string of the molecule is O=C(O)N1CCC2CCN(c3ncc(-c4ccc(C(F)(F)F)cc4O)nn3)C2C1. The summed E-state index contributed by atoms with van der Waals surface area (Å²) in [5.41, 5.74) is -0.718. The molecule has 2 atom stereocenters. The summed E-state index contributed by atoms with van der Waals surface area (Å²) < 4.78 is 38.2. The van der Waals surface area contributed by atoms with Crippen molar-refractivity contribution < 1.29 is 28.2 Å². The van der Waals surface area contributed by atoms with Gasteiger partial charge in [0.2, 0.25) is 5.95 Å². The number of aromatic hydroxyl groups is 1. The van der Waals surface area contributed by atoms with Gasteiger partial charge >= 0.3 is 12.3 Å². The molecule has 8 nitrogen and oxygen atoms in total. The molecular formula is C18H18F3N5O3. The van der Waals surface area contributed by atoms with Crippen LogP contribution in [0.2, 0.25) is 0 Å². The van der Waals surface area contributed by atoms with Gasteiger partial charge in [-0.05, 0) is 37.0 Å². The molecule has 154 valence electrons. The largest absolute Gasteiger partial charge is 0.507 e. The van der Waals surface area contributed by atoms with Gasteiger partial charge in [0.05, 0.1) is 17.8 Å².